The lowest BCUT2D eigenvalue weighted by atomic mass is 10.1. The van der Waals surface area contributed by atoms with Crippen molar-refractivity contribution in [1.29, 1.82) is 0 Å². The number of aromatic nitrogens is 2. The van der Waals surface area contributed by atoms with Crippen molar-refractivity contribution in [3.05, 3.63) is 81.6 Å². The fourth-order valence-corrected chi connectivity index (χ4v) is 3.28. The van der Waals surface area contributed by atoms with Crippen LogP contribution in [0.1, 0.15) is 34.6 Å². The number of carbonyl (C=O) groups is 2. The van der Waals surface area contributed by atoms with Crippen LogP contribution in [0.4, 0.5) is 8.78 Å². The first kappa shape index (κ1) is 21.7. The van der Waals surface area contributed by atoms with Crippen LogP contribution in [-0.2, 0) is 0 Å². The summed E-state index contributed by atoms with van der Waals surface area (Å²) in [6, 6.07) is 11.6. The highest BCUT2D eigenvalue weighted by atomic mass is 35.5. The molecule has 2 aromatic carbocycles. The Morgan fingerprint density at radius 3 is 1.40 bits per heavy atom. The molecule has 4 nitrogen and oxygen atoms in total. The van der Waals surface area contributed by atoms with Gasteiger partial charge in [-0.3, -0.25) is 9.59 Å². The number of nitrogens with zero attached hydrogens (tertiary/aromatic N) is 2. The second-order valence-corrected chi connectivity index (χ2v) is 7.16. The third-order valence-corrected chi connectivity index (χ3v) is 4.80. The summed E-state index contributed by atoms with van der Waals surface area (Å²) in [7, 11) is 0. The molecule has 0 atom stereocenters. The van der Waals surface area contributed by atoms with E-state index in [4.69, 9.17) is 23.2 Å². The van der Waals surface area contributed by atoms with E-state index in [2.05, 4.69) is 9.97 Å². The van der Waals surface area contributed by atoms with Gasteiger partial charge in [-0.15, -0.1) is 0 Å². The van der Waals surface area contributed by atoms with Crippen LogP contribution in [0.15, 0.2) is 48.5 Å². The second kappa shape index (κ2) is 8.81. The van der Waals surface area contributed by atoms with Crippen molar-refractivity contribution in [2.24, 2.45) is 0 Å². The molecule has 0 aliphatic heterocycles. The molecule has 2 heterocycles. The standard InChI is InChI=1S/2C11H7ClFNO/c2*1-6(15)9-4-7-2-3-8(13)5-10(7)14-11(9)12/h2*2-5H,1H3. The molecule has 0 aliphatic carbocycles. The molecule has 8 heteroatoms. The van der Waals surface area contributed by atoms with Crippen LogP contribution in [0.2, 0.25) is 10.3 Å². The predicted octanol–water partition coefficient (Wildman–Crippen LogP) is 6.46. The molecular weight excluding hydrogens is 433 g/mol. The molecule has 0 amide bonds. The van der Waals surface area contributed by atoms with Gasteiger partial charge >= 0.3 is 0 Å². The van der Waals surface area contributed by atoms with Crippen molar-refractivity contribution >= 4 is 56.6 Å². The van der Waals surface area contributed by atoms with E-state index < -0.39 is 0 Å². The highest BCUT2D eigenvalue weighted by Gasteiger charge is 2.10. The van der Waals surface area contributed by atoms with Gasteiger partial charge in [-0.1, -0.05) is 23.2 Å². The van der Waals surface area contributed by atoms with E-state index in [0.717, 1.165) is 0 Å². The SMILES string of the molecule is CC(=O)c1cc2ccc(F)cc2nc1Cl.CC(=O)c1cc2ccc(F)cc2nc1Cl. The van der Waals surface area contributed by atoms with E-state index in [0.29, 0.717) is 32.9 Å². The Morgan fingerprint density at radius 2 is 1.07 bits per heavy atom. The number of carbonyl (C=O) groups excluding carboxylic acids is 2. The summed E-state index contributed by atoms with van der Waals surface area (Å²) in [5.74, 6) is -1.05. The van der Waals surface area contributed by atoms with Gasteiger partial charge < -0.3 is 0 Å². The first-order valence-corrected chi connectivity index (χ1v) is 9.45. The van der Waals surface area contributed by atoms with Crippen molar-refractivity contribution in [2.75, 3.05) is 0 Å². The highest BCUT2D eigenvalue weighted by molar-refractivity contribution is 6.33. The van der Waals surface area contributed by atoms with E-state index in [-0.39, 0.29) is 33.5 Å². The maximum atomic E-state index is 12.9. The predicted molar refractivity (Wildman–Crippen MR) is 113 cm³/mol. The molecule has 0 bridgehead atoms. The van der Waals surface area contributed by atoms with Crippen LogP contribution in [0, 0.1) is 11.6 Å². The Bertz CT molecular complexity index is 1210. The third-order valence-electron chi connectivity index (χ3n) is 4.22. The lowest BCUT2D eigenvalue weighted by molar-refractivity contribution is 0.100. The van der Waals surface area contributed by atoms with Crippen LogP contribution >= 0.6 is 23.2 Å². The number of halogens is 4. The summed E-state index contributed by atoms with van der Waals surface area (Å²) in [6.45, 7) is 2.83. The Balaban J connectivity index is 0.000000171. The maximum Gasteiger partial charge on any atom is 0.162 e. The number of Topliss-reactive ketones (excluding diaryl/α,β-unsaturated/α-hetero) is 2. The number of rotatable bonds is 2. The summed E-state index contributed by atoms with van der Waals surface area (Å²) in [5.41, 5.74) is 1.61. The molecule has 0 fully saturated rings. The number of pyridine rings is 2. The Labute approximate surface area is 180 Å². The average Bonchev–Trinajstić information content (AvgIpc) is 2.66. The van der Waals surface area contributed by atoms with Crippen LogP contribution in [0.3, 0.4) is 0 Å². The monoisotopic (exact) mass is 446 g/mol. The second-order valence-electron chi connectivity index (χ2n) is 6.44. The number of hydrogen-bond acceptors (Lipinski definition) is 4. The molecule has 0 spiro atoms. The molecule has 0 unspecified atom stereocenters. The normalized spacial score (nSPS) is 10.6. The molecule has 152 valence electrons. The fourth-order valence-electron chi connectivity index (χ4n) is 2.73. The van der Waals surface area contributed by atoms with Gasteiger partial charge in [0, 0.05) is 22.9 Å². The minimum absolute atomic E-state index is 0.112. The Morgan fingerprint density at radius 1 is 0.700 bits per heavy atom. The van der Waals surface area contributed by atoms with Gasteiger partial charge in [-0.25, -0.2) is 18.7 Å². The smallest absolute Gasteiger partial charge is 0.162 e. The molecule has 0 N–H and O–H groups in total. The van der Waals surface area contributed by atoms with Crippen molar-refractivity contribution in [2.45, 2.75) is 13.8 Å². The Hall–Kier alpha value is -2.96. The van der Waals surface area contributed by atoms with Crippen LogP contribution in [-0.4, -0.2) is 21.5 Å². The van der Waals surface area contributed by atoms with Gasteiger partial charge in [0.15, 0.2) is 11.6 Å². The first-order chi connectivity index (χ1) is 14.2. The van der Waals surface area contributed by atoms with Crippen molar-refractivity contribution in [1.82, 2.24) is 9.97 Å². The molecule has 0 radical (unpaired) electrons. The summed E-state index contributed by atoms with van der Waals surface area (Å²) < 4.78 is 25.8. The van der Waals surface area contributed by atoms with Gasteiger partial charge in [0.25, 0.3) is 0 Å². The fraction of sp³-hybridized carbons (Fsp3) is 0.0909. The lowest BCUT2D eigenvalue weighted by Gasteiger charge is -2.02. The van der Waals surface area contributed by atoms with Crippen LogP contribution in [0.5, 0.6) is 0 Å². The van der Waals surface area contributed by atoms with Crippen LogP contribution < -0.4 is 0 Å². The van der Waals surface area contributed by atoms with E-state index in [1.54, 1.807) is 24.3 Å². The first-order valence-electron chi connectivity index (χ1n) is 8.69. The molecule has 30 heavy (non-hydrogen) atoms. The van der Waals surface area contributed by atoms with Gasteiger partial charge in [0.2, 0.25) is 0 Å². The van der Waals surface area contributed by atoms with E-state index in [1.165, 1.54) is 38.1 Å². The highest BCUT2D eigenvalue weighted by Crippen LogP contribution is 2.22. The summed E-state index contributed by atoms with van der Waals surface area (Å²) in [4.78, 5) is 30.3. The van der Waals surface area contributed by atoms with Gasteiger partial charge in [0.1, 0.15) is 21.9 Å². The van der Waals surface area contributed by atoms with E-state index >= 15 is 0 Å². The molecule has 0 aliphatic rings. The average molecular weight is 447 g/mol. The van der Waals surface area contributed by atoms with E-state index in [1.807, 2.05) is 0 Å². The largest absolute Gasteiger partial charge is 0.294 e. The zero-order valence-corrected chi connectivity index (χ0v) is 17.4. The third kappa shape index (κ3) is 4.78. The van der Waals surface area contributed by atoms with Gasteiger partial charge in [-0.05, 0) is 50.2 Å². The minimum atomic E-state index is -0.373. The Kier molecular flexibility index (Phi) is 6.39. The number of ketones is 2. The zero-order chi connectivity index (χ0) is 22.0. The summed E-state index contributed by atoms with van der Waals surface area (Å²) >= 11 is 11.6. The van der Waals surface area contributed by atoms with Crippen LogP contribution in [0.25, 0.3) is 21.8 Å². The molecule has 2 aromatic heterocycles. The minimum Gasteiger partial charge on any atom is -0.294 e. The quantitative estimate of drug-likeness (QED) is 0.261. The zero-order valence-electron chi connectivity index (χ0n) is 15.8. The molecule has 0 saturated heterocycles. The number of fused-ring (bicyclic) bond motifs is 2. The van der Waals surface area contributed by atoms with Crippen molar-refractivity contribution in [3.63, 3.8) is 0 Å². The number of hydrogen-bond donors (Lipinski definition) is 0. The van der Waals surface area contributed by atoms with Gasteiger partial charge in [-0.2, -0.15) is 0 Å². The maximum absolute atomic E-state index is 12.9. The summed E-state index contributed by atoms with van der Waals surface area (Å²) in [6.07, 6.45) is 0. The molecule has 4 aromatic rings. The topological polar surface area (TPSA) is 59.9 Å². The molecular formula is C22H14Cl2F2N2O2. The lowest BCUT2D eigenvalue weighted by Crippen LogP contribution is -1.96. The van der Waals surface area contributed by atoms with Crippen molar-refractivity contribution < 1.29 is 18.4 Å². The van der Waals surface area contributed by atoms with E-state index in [9.17, 15) is 18.4 Å². The molecule has 4 rings (SSSR count). The molecule has 0 saturated carbocycles. The van der Waals surface area contributed by atoms with Gasteiger partial charge in [0.05, 0.1) is 22.2 Å². The summed E-state index contributed by atoms with van der Waals surface area (Å²) in [5, 5.41) is 1.62. The van der Waals surface area contributed by atoms with Crippen molar-refractivity contribution in [3.8, 4) is 0 Å². The number of benzene rings is 2.